The third-order valence-electron chi connectivity index (χ3n) is 3.41. The molecule has 2 atom stereocenters. The monoisotopic (exact) mass is 227 g/mol. The van der Waals surface area contributed by atoms with E-state index in [0.29, 0.717) is 18.6 Å². The van der Waals surface area contributed by atoms with Crippen LogP contribution in [0.1, 0.15) is 32.1 Å². The number of hydrogen-bond acceptors (Lipinski definition) is 4. The number of esters is 1. The van der Waals surface area contributed by atoms with Crippen LogP contribution in [0.15, 0.2) is 0 Å². The molecule has 1 aliphatic heterocycles. The summed E-state index contributed by atoms with van der Waals surface area (Å²) in [4.78, 5) is 10.9. The fraction of sp³-hybridized carbons (Fsp3) is 0.917. The maximum absolute atomic E-state index is 10.9. The topological polar surface area (TPSA) is 47.6 Å². The van der Waals surface area contributed by atoms with Gasteiger partial charge in [0, 0.05) is 19.1 Å². The lowest BCUT2D eigenvalue weighted by Gasteiger charge is -2.19. The Morgan fingerprint density at radius 1 is 1.44 bits per heavy atom. The van der Waals surface area contributed by atoms with Crippen molar-refractivity contribution in [1.82, 2.24) is 5.32 Å². The molecule has 1 aliphatic carbocycles. The molecule has 2 unspecified atom stereocenters. The Bertz CT molecular complexity index is 240. The van der Waals surface area contributed by atoms with Crippen LogP contribution in [0.2, 0.25) is 0 Å². The summed E-state index contributed by atoms with van der Waals surface area (Å²) in [6, 6.07) is 0.505. The van der Waals surface area contributed by atoms with Crippen molar-refractivity contribution in [1.29, 1.82) is 0 Å². The van der Waals surface area contributed by atoms with Crippen LogP contribution in [-0.4, -0.2) is 38.4 Å². The maximum atomic E-state index is 10.9. The van der Waals surface area contributed by atoms with Crippen LogP contribution < -0.4 is 5.32 Å². The Morgan fingerprint density at radius 2 is 2.25 bits per heavy atom. The summed E-state index contributed by atoms with van der Waals surface area (Å²) in [5, 5.41) is 3.50. The van der Waals surface area contributed by atoms with Crippen LogP contribution in [0.4, 0.5) is 0 Å². The summed E-state index contributed by atoms with van der Waals surface area (Å²) in [6.45, 7) is 1.77. The van der Waals surface area contributed by atoms with Gasteiger partial charge in [-0.2, -0.15) is 0 Å². The van der Waals surface area contributed by atoms with Crippen molar-refractivity contribution >= 4 is 5.97 Å². The number of hydrogen-bond donors (Lipinski definition) is 1. The van der Waals surface area contributed by atoms with Crippen LogP contribution in [0, 0.1) is 5.92 Å². The van der Waals surface area contributed by atoms with Gasteiger partial charge in [0.15, 0.2) is 0 Å². The molecule has 2 rings (SSSR count). The molecule has 4 nitrogen and oxygen atoms in total. The van der Waals surface area contributed by atoms with Gasteiger partial charge in [-0.3, -0.25) is 4.79 Å². The van der Waals surface area contributed by atoms with Gasteiger partial charge in [0.25, 0.3) is 0 Å². The van der Waals surface area contributed by atoms with Crippen molar-refractivity contribution in [2.75, 3.05) is 20.3 Å². The van der Waals surface area contributed by atoms with Gasteiger partial charge in [-0.1, -0.05) is 0 Å². The first kappa shape index (κ1) is 11.9. The molecule has 92 valence electrons. The van der Waals surface area contributed by atoms with Crippen LogP contribution >= 0.6 is 0 Å². The van der Waals surface area contributed by atoms with Crippen LogP contribution in [0.5, 0.6) is 0 Å². The van der Waals surface area contributed by atoms with Crippen molar-refractivity contribution in [3.05, 3.63) is 0 Å². The minimum atomic E-state index is -0.122. The molecule has 1 saturated carbocycles. The fourth-order valence-electron chi connectivity index (χ4n) is 2.34. The van der Waals surface area contributed by atoms with Crippen molar-refractivity contribution < 1.29 is 14.3 Å². The molecule has 0 bridgehead atoms. The second-order valence-corrected chi connectivity index (χ2v) is 4.70. The molecule has 0 aromatic heterocycles. The van der Waals surface area contributed by atoms with Gasteiger partial charge < -0.3 is 14.8 Å². The second-order valence-electron chi connectivity index (χ2n) is 4.70. The number of carbonyl (C=O) groups is 1. The van der Waals surface area contributed by atoms with Crippen LogP contribution in [0.3, 0.4) is 0 Å². The minimum Gasteiger partial charge on any atom is -0.469 e. The Kier molecular flexibility index (Phi) is 4.18. The molecule has 16 heavy (non-hydrogen) atoms. The largest absolute Gasteiger partial charge is 0.469 e. The average Bonchev–Trinajstić information content (AvgIpc) is 3.04. The van der Waals surface area contributed by atoms with E-state index in [-0.39, 0.29) is 5.97 Å². The zero-order valence-corrected chi connectivity index (χ0v) is 9.91. The Hall–Kier alpha value is -0.610. The average molecular weight is 227 g/mol. The van der Waals surface area contributed by atoms with Crippen molar-refractivity contribution in [3.63, 3.8) is 0 Å². The summed E-state index contributed by atoms with van der Waals surface area (Å²) >= 11 is 0. The first-order valence-electron chi connectivity index (χ1n) is 6.23. The number of carbonyl (C=O) groups excluding carboxylic acids is 1. The molecule has 0 radical (unpaired) electrons. The van der Waals surface area contributed by atoms with E-state index in [4.69, 9.17) is 4.74 Å². The van der Waals surface area contributed by atoms with E-state index in [1.165, 1.54) is 20.0 Å². The van der Waals surface area contributed by atoms with Crippen molar-refractivity contribution in [2.45, 2.75) is 44.2 Å². The highest BCUT2D eigenvalue weighted by Gasteiger charge is 2.40. The SMILES string of the molecule is COC(=O)CCCNC1CCOC1C1CC1. The van der Waals surface area contributed by atoms with Gasteiger partial charge in [-0.25, -0.2) is 0 Å². The van der Waals surface area contributed by atoms with E-state index < -0.39 is 0 Å². The number of methoxy groups -OCH3 is 1. The molecule has 4 heteroatoms. The molecule has 0 spiro atoms. The molecular weight excluding hydrogens is 206 g/mol. The van der Waals surface area contributed by atoms with Crippen molar-refractivity contribution in [3.8, 4) is 0 Å². The molecular formula is C12H21NO3. The molecule has 1 heterocycles. The van der Waals surface area contributed by atoms with E-state index in [1.54, 1.807) is 0 Å². The predicted octanol–water partition coefficient (Wildman–Crippen LogP) is 1.10. The Morgan fingerprint density at radius 3 is 2.94 bits per heavy atom. The first-order chi connectivity index (χ1) is 7.81. The zero-order valence-electron chi connectivity index (χ0n) is 9.91. The Balaban J connectivity index is 1.60. The van der Waals surface area contributed by atoms with Gasteiger partial charge in [-0.15, -0.1) is 0 Å². The fourth-order valence-corrected chi connectivity index (χ4v) is 2.34. The maximum Gasteiger partial charge on any atom is 0.305 e. The van der Waals surface area contributed by atoms with Crippen molar-refractivity contribution in [2.24, 2.45) is 5.92 Å². The zero-order chi connectivity index (χ0) is 11.4. The summed E-state index contributed by atoms with van der Waals surface area (Å²) in [7, 11) is 1.43. The first-order valence-corrected chi connectivity index (χ1v) is 6.23. The van der Waals surface area contributed by atoms with Gasteiger partial charge in [0.2, 0.25) is 0 Å². The van der Waals surface area contributed by atoms with Gasteiger partial charge in [0.1, 0.15) is 0 Å². The summed E-state index contributed by atoms with van der Waals surface area (Å²) < 4.78 is 10.3. The van der Waals surface area contributed by atoms with Crippen LogP contribution in [-0.2, 0) is 14.3 Å². The van der Waals surface area contributed by atoms with E-state index in [1.807, 2.05) is 0 Å². The number of rotatable bonds is 6. The highest BCUT2D eigenvalue weighted by Crippen LogP contribution is 2.38. The predicted molar refractivity (Wildman–Crippen MR) is 60.1 cm³/mol. The van der Waals surface area contributed by atoms with Gasteiger partial charge in [0.05, 0.1) is 13.2 Å². The molecule has 1 saturated heterocycles. The quantitative estimate of drug-likeness (QED) is 0.545. The third-order valence-corrected chi connectivity index (χ3v) is 3.41. The summed E-state index contributed by atoms with van der Waals surface area (Å²) in [5.41, 5.74) is 0. The normalized spacial score (nSPS) is 29.3. The molecule has 2 fully saturated rings. The standard InChI is InChI=1S/C12H21NO3/c1-15-11(14)3-2-7-13-10-6-8-16-12(10)9-4-5-9/h9-10,12-13H,2-8H2,1H3. The number of nitrogens with one attached hydrogen (secondary N) is 1. The number of ether oxygens (including phenoxy) is 2. The lowest BCUT2D eigenvalue weighted by molar-refractivity contribution is -0.140. The van der Waals surface area contributed by atoms with Gasteiger partial charge in [-0.05, 0) is 38.1 Å². The highest BCUT2D eigenvalue weighted by atomic mass is 16.5. The molecule has 0 amide bonds. The van der Waals surface area contributed by atoms with Gasteiger partial charge >= 0.3 is 5.97 Å². The minimum absolute atomic E-state index is 0.122. The van der Waals surface area contributed by atoms with E-state index in [0.717, 1.165) is 31.9 Å². The van der Waals surface area contributed by atoms with E-state index in [9.17, 15) is 4.79 Å². The molecule has 1 N–H and O–H groups in total. The van der Waals surface area contributed by atoms with Crippen LogP contribution in [0.25, 0.3) is 0 Å². The molecule has 2 aliphatic rings. The highest BCUT2D eigenvalue weighted by molar-refractivity contribution is 5.69. The lowest BCUT2D eigenvalue weighted by Crippen LogP contribution is -2.38. The third kappa shape index (κ3) is 3.19. The summed E-state index contributed by atoms with van der Waals surface area (Å²) in [5.74, 6) is 0.670. The summed E-state index contributed by atoms with van der Waals surface area (Å²) in [6.07, 6.45) is 5.54. The van der Waals surface area contributed by atoms with E-state index >= 15 is 0 Å². The Labute approximate surface area is 96.7 Å². The molecule has 0 aromatic carbocycles. The lowest BCUT2D eigenvalue weighted by atomic mass is 10.1. The van der Waals surface area contributed by atoms with E-state index in [2.05, 4.69) is 10.1 Å². The second kappa shape index (κ2) is 5.64. The molecule has 0 aromatic rings. The smallest absolute Gasteiger partial charge is 0.305 e.